The number of nitrogens with one attached hydrogen (secondary N) is 2. The molecule has 2 amide bonds. The Bertz CT molecular complexity index is 1160. The van der Waals surface area contributed by atoms with Crippen LogP contribution < -0.4 is 15.4 Å². The maximum absolute atomic E-state index is 12.9. The number of hydrogen-bond donors (Lipinski definition) is 3. The maximum atomic E-state index is 12.9. The first kappa shape index (κ1) is 23.0. The highest BCUT2D eigenvalue weighted by Crippen LogP contribution is 2.20. The van der Waals surface area contributed by atoms with Crippen molar-refractivity contribution in [2.24, 2.45) is 0 Å². The van der Waals surface area contributed by atoms with E-state index in [1.807, 2.05) is 30.3 Å². The summed E-state index contributed by atoms with van der Waals surface area (Å²) in [5, 5.41) is 15.1. The average molecular weight is 459 g/mol. The van der Waals surface area contributed by atoms with E-state index in [4.69, 9.17) is 4.74 Å². The van der Waals surface area contributed by atoms with Crippen molar-refractivity contribution < 1.29 is 24.2 Å². The van der Waals surface area contributed by atoms with Gasteiger partial charge in [-0.1, -0.05) is 54.6 Å². The van der Waals surface area contributed by atoms with Gasteiger partial charge in [0.1, 0.15) is 18.4 Å². The number of rotatable bonds is 10. The normalized spacial score (nSPS) is 13.5. The van der Waals surface area contributed by atoms with Crippen LogP contribution in [0.1, 0.15) is 44.7 Å². The summed E-state index contributed by atoms with van der Waals surface area (Å²) in [4.78, 5) is 37.2. The SMILES string of the molecule is O=C(NC1CC1)c1ccccc1C(=O)NC(Cc1ccc(OCc2ccccc2)cc1)C(=O)O. The van der Waals surface area contributed by atoms with Crippen LogP contribution in [0.15, 0.2) is 78.9 Å². The van der Waals surface area contributed by atoms with Crippen molar-refractivity contribution in [3.8, 4) is 5.75 Å². The Morgan fingerprint density at radius 2 is 1.44 bits per heavy atom. The Morgan fingerprint density at radius 3 is 2.06 bits per heavy atom. The molecule has 0 saturated heterocycles. The van der Waals surface area contributed by atoms with E-state index in [9.17, 15) is 19.5 Å². The van der Waals surface area contributed by atoms with Crippen molar-refractivity contribution in [1.29, 1.82) is 0 Å². The van der Waals surface area contributed by atoms with Gasteiger partial charge in [0.05, 0.1) is 11.1 Å². The van der Waals surface area contributed by atoms with Gasteiger partial charge < -0.3 is 20.5 Å². The molecule has 0 aromatic heterocycles. The number of amides is 2. The van der Waals surface area contributed by atoms with Gasteiger partial charge in [0.15, 0.2) is 0 Å². The number of carboxylic acid groups (broad SMARTS) is 1. The third kappa shape index (κ3) is 6.22. The van der Waals surface area contributed by atoms with Crippen LogP contribution in [0, 0.1) is 0 Å². The lowest BCUT2D eigenvalue weighted by Gasteiger charge is -2.16. The zero-order valence-corrected chi connectivity index (χ0v) is 18.6. The molecule has 3 aromatic rings. The van der Waals surface area contributed by atoms with Gasteiger partial charge in [-0.05, 0) is 48.2 Å². The molecule has 0 bridgehead atoms. The molecule has 1 aliphatic rings. The fourth-order valence-corrected chi connectivity index (χ4v) is 3.50. The molecule has 3 N–H and O–H groups in total. The second-order valence-corrected chi connectivity index (χ2v) is 8.28. The number of aliphatic carboxylic acids is 1. The van der Waals surface area contributed by atoms with Crippen molar-refractivity contribution in [3.63, 3.8) is 0 Å². The first-order chi connectivity index (χ1) is 16.5. The zero-order chi connectivity index (χ0) is 23.9. The van der Waals surface area contributed by atoms with Gasteiger partial charge in [-0.3, -0.25) is 9.59 Å². The predicted octanol–water partition coefficient (Wildman–Crippen LogP) is 3.58. The molecule has 0 radical (unpaired) electrons. The van der Waals surface area contributed by atoms with Gasteiger partial charge in [-0.2, -0.15) is 0 Å². The molecule has 7 nitrogen and oxygen atoms in total. The lowest BCUT2D eigenvalue weighted by molar-refractivity contribution is -0.139. The minimum Gasteiger partial charge on any atom is -0.489 e. The van der Waals surface area contributed by atoms with E-state index in [1.54, 1.807) is 42.5 Å². The Morgan fingerprint density at radius 1 is 0.824 bits per heavy atom. The summed E-state index contributed by atoms with van der Waals surface area (Å²) in [7, 11) is 0. The van der Waals surface area contributed by atoms with Crippen molar-refractivity contribution in [2.45, 2.75) is 38.0 Å². The molecule has 34 heavy (non-hydrogen) atoms. The summed E-state index contributed by atoms with van der Waals surface area (Å²) < 4.78 is 5.77. The highest BCUT2D eigenvalue weighted by atomic mass is 16.5. The summed E-state index contributed by atoms with van der Waals surface area (Å²) in [6.07, 6.45) is 1.95. The van der Waals surface area contributed by atoms with Crippen molar-refractivity contribution in [2.75, 3.05) is 0 Å². The standard InChI is InChI=1S/C27H26N2O5/c30-25(28-20-12-13-20)22-8-4-5-9-23(22)26(31)29-24(27(32)33)16-18-10-14-21(15-11-18)34-17-19-6-2-1-3-7-19/h1-11,14-15,20,24H,12-13,16-17H2,(H,28,30)(H,29,31)(H,32,33). The lowest BCUT2D eigenvalue weighted by Crippen LogP contribution is -2.43. The van der Waals surface area contributed by atoms with Gasteiger partial charge in [0.25, 0.3) is 11.8 Å². The molecule has 1 saturated carbocycles. The molecule has 0 spiro atoms. The minimum absolute atomic E-state index is 0.0937. The van der Waals surface area contributed by atoms with Crippen molar-refractivity contribution in [3.05, 3.63) is 101 Å². The van der Waals surface area contributed by atoms with Crippen LogP contribution in [0.5, 0.6) is 5.75 Å². The number of ether oxygens (including phenoxy) is 1. The molecule has 7 heteroatoms. The van der Waals surface area contributed by atoms with Crippen LogP contribution in [0.2, 0.25) is 0 Å². The molecule has 1 fully saturated rings. The quantitative estimate of drug-likeness (QED) is 0.431. The second kappa shape index (κ2) is 10.7. The molecule has 0 aliphatic heterocycles. The Labute approximate surface area is 197 Å². The van der Waals surface area contributed by atoms with E-state index in [0.717, 1.165) is 24.0 Å². The predicted molar refractivity (Wildman–Crippen MR) is 127 cm³/mol. The minimum atomic E-state index is -1.15. The van der Waals surface area contributed by atoms with E-state index in [1.165, 1.54) is 6.07 Å². The van der Waals surface area contributed by atoms with Gasteiger partial charge >= 0.3 is 5.97 Å². The first-order valence-electron chi connectivity index (χ1n) is 11.2. The topological polar surface area (TPSA) is 105 Å². The van der Waals surface area contributed by atoms with Crippen molar-refractivity contribution in [1.82, 2.24) is 10.6 Å². The summed E-state index contributed by atoms with van der Waals surface area (Å²) in [6, 6.07) is 22.3. The van der Waals surface area contributed by atoms with Crippen LogP contribution in [0.25, 0.3) is 0 Å². The largest absolute Gasteiger partial charge is 0.489 e. The highest BCUT2D eigenvalue weighted by Gasteiger charge is 2.27. The van der Waals surface area contributed by atoms with E-state index < -0.39 is 17.9 Å². The number of carbonyl (C=O) groups excluding carboxylic acids is 2. The maximum Gasteiger partial charge on any atom is 0.326 e. The molecule has 1 aliphatic carbocycles. The lowest BCUT2D eigenvalue weighted by atomic mass is 10.0. The van der Waals surface area contributed by atoms with Crippen LogP contribution in [0.3, 0.4) is 0 Å². The smallest absolute Gasteiger partial charge is 0.326 e. The summed E-state index contributed by atoms with van der Waals surface area (Å²) >= 11 is 0. The average Bonchev–Trinajstić information content (AvgIpc) is 3.67. The Kier molecular flexibility index (Phi) is 7.22. The molecule has 1 atom stereocenters. The summed E-state index contributed by atoms with van der Waals surface area (Å²) in [6.45, 7) is 0.432. The van der Waals surface area contributed by atoms with Crippen molar-refractivity contribution >= 4 is 17.8 Å². The van der Waals surface area contributed by atoms with Crippen LogP contribution in [0.4, 0.5) is 0 Å². The van der Waals surface area contributed by atoms with Gasteiger partial charge in [-0.25, -0.2) is 4.79 Å². The van der Waals surface area contributed by atoms with Crippen LogP contribution in [-0.4, -0.2) is 35.0 Å². The Balaban J connectivity index is 1.38. The molecular formula is C27H26N2O5. The van der Waals surface area contributed by atoms with E-state index in [2.05, 4.69) is 10.6 Å². The number of carbonyl (C=O) groups is 3. The molecule has 0 heterocycles. The summed E-state index contributed by atoms with van der Waals surface area (Å²) in [5.74, 6) is -1.42. The molecule has 3 aromatic carbocycles. The van der Waals surface area contributed by atoms with Crippen LogP contribution in [-0.2, 0) is 17.8 Å². The van der Waals surface area contributed by atoms with E-state index >= 15 is 0 Å². The van der Waals surface area contributed by atoms with E-state index in [-0.39, 0.29) is 29.5 Å². The third-order valence-electron chi connectivity index (χ3n) is 5.54. The van der Waals surface area contributed by atoms with Crippen LogP contribution >= 0.6 is 0 Å². The highest BCUT2D eigenvalue weighted by molar-refractivity contribution is 6.08. The first-order valence-corrected chi connectivity index (χ1v) is 11.2. The molecule has 1 unspecified atom stereocenters. The zero-order valence-electron chi connectivity index (χ0n) is 18.6. The number of hydrogen-bond acceptors (Lipinski definition) is 4. The van der Waals surface area contributed by atoms with Gasteiger partial charge in [0, 0.05) is 12.5 Å². The van der Waals surface area contributed by atoms with Gasteiger partial charge in [-0.15, -0.1) is 0 Å². The monoisotopic (exact) mass is 458 g/mol. The number of carboxylic acids is 1. The van der Waals surface area contributed by atoms with Gasteiger partial charge in [0.2, 0.25) is 0 Å². The third-order valence-corrected chi connectivity index (χ3v) is 5.54. The fourth-order valence-electron chi connectivity index (χ4n) is 3.50. The molecule has 174 valence electrons. The second-order valence-electron chi connectivity index (χ2n) is 8.28. The van der Waals surface area contributed by atoms with E-state index in [0.29, 0.717) is 12.4 Å². The molecule has 4 rings (SSSR count). The molecular weight excluding hydrogens is 432 g/mol. The fraction of sp³-hybridized carbons (Fsp3) is 0.222. The Hall–Kier alpha value is -4.13. The number of benzene rings is 3. The summed E-state index contributed by atoms with van der Waals surface area (Å²) in [5.41, 5.74) is 2.17.